The summed E-state index contributed by atoms with van der Waals surface area (Å²) >= 11 is 2.26. The predicted molar refractivity (Wildman–Crippen MR) is 87.9 cm³/mol. The van der Waals surface area contributed by atoms with E-state index in [4.69, 9.17) is 4.74 Å². The third kappa shape index (κ3) is 4.63. The Morgan fingerprint density at radius 3 is 2.85 bits per heavy atom. The Bertz CT molecular complexity index is 430. The lowest BCUT2D eigenvalue weighted by molar-refractivity contribution is -0.131. The smallest absolute Gasteiger partial charge is 0.222 e. The van der Waals surface area contributed by atoms with E-state index < -0.39 is 0 Å². The van der Waals surface area contributed by atoms with Gasteiger partial charge < -0.3 is 15.0 Å². The van der Waals surface area contributed by atoms with Crippen molar-refractivity contribution in [1.82, 2.24) is 10.2 Å². The zero-order chi connectivity index (χ0) is 14.4. The molecular weight excluding hydrogens is 367 g/mol. The van der Waals surface area contributed by atoms with Gasteiger partial charge in [-0.15, -0.1) is 0 Å². The highest BCUT2D eigenvalue weighted by atomic mass is 127. The number of ether oxygens (including phenoxy) is 1. The minimum absolute atomic E-state index is 0.213. The van der Waals surface area contributed by atoms with Crippen molar-refractivity contribution in [3.05, 3.63) is 27.8 Å². The average Bonchev–Trinajstić information content (AvgIpc) is 2.98. The van der Waals surface area contributed by atoms with Crippen LogP contribution in [0.5, 0.6) is 5.75 Å². The van der Waals surface area contributed by atoms with Gasteiger partial charge in [0.2, 0.25) is 5.91 Å². The van der Waals surface area contributed by atoms with Crippen LogP contribution in [0, 0.1) is 3.57 Å². The van der Waals surface area contributed by atoms with Gasteiger partial charge in [0.05, 0.1) is 6.61 Å². The Balaban J connectivity index is 1.65. The SMILES string of the molecule is CN(C(=O)CCCOc1ccc(I)cc1)C1CCNC1. The zero-order valence-corrected chi connectivity index (χ0v) is 13.9. The predicted octanol–water partition coefficient (Wildman–Crippen LogP) is 2.27. The van der Waals surface area contributed by atoms with Gasteiger partial charge in [-0.25, -0.2) is 0 Å². The maximum Gasteiger partial charge on any atom is 0.222 e. The molecule has 20 heavy (non-hydrogen) atoms. The Morgan fingerprint density at radius 2 is 2.20 bits per heavy atom. The lowest BCUT2D eigenvalue weighted by Crippen LogP contribution is -2.38. The number of hydrogen-bond donors (Lipinski definition) is 1. The van der Waals surface area contributed by atoms with Crippen LogP contribution < -0.4 is 10.1 Å². The van der Waals surface area contributed by atoms with Crippen LogP contribution in [0.3, 0.4) is 0 Å². The molecule has 110 valence electrons. The van der Waals surface area contributed by atoms with Gasteiger partial charge in [0, 0.05) is 29.6 Å². The maximum atomic E-state index is 12.0. The van der Waals surface area contributed by atoms with Crippen LogP contribution >= 0.6 is 22.6 Å². The number of carbonyl (C=O) groups excluding carboxylic acids is 1. The van der Waals surface area contributed by atoms with Gasteiger partial charge in [-0.3, -0.25) is 4.79 Å². The maximum absolute atomic E-state index is 12.0. The molecule has 1 aromatic rings. The summed E-state index contributed by atoms with van der Waals surface area (Å²) in [7, 11) is 1.90. The van der Waals surface area contributed by atoms with Gasteiger partial charge in [-0.1, -0.05) is 0 Å². The van der Waals surface area contributed by atoms with E-state index in [1.165, 1.54) is 3.57 Å². The Morgan fingerprint density at radius 1 is 1.45 bits per heavy atom. The van der Waals surface area contributed by atoms with Crippen LogP contribution in [0.2, 0.25) is 0 Å². The molecule has 1 heterocycles. The molecule has 0 spiro atoms. The third-order valence-electron chi connectivity index (χ3n) is 3.59. The fourth-order valence-electron chi connectivity index (χ4n) is 2.29. The summed E-state index contributed by atoms with van der Waals surface area (Å²) in [5.74, 6) is 1.08. The van der Waals surface area contributed by atoms with Crippen molar-refractivity contribution >= 4 is 28.5 Å². The van der Waals surface area contributed by atoms with Gasteiger partial charge in [-0.05, 0) is 66.2 Å². The quantitative estimate of drug-likeness (QED) is 0.601. The molecular formula is C15H21IN2O2. The van der Waals surface area contributed by atoms with E-state index >= 15 is 0 Å². The van der Waals surface area contributed by atoms with Gasteiger partial charge in [-0.2, -0.15) is 0 Å². The highest BCUT2D eigenvalue weighted by Gasteiger charge is 2.22. The number of nitrogens with one attached hydrogen (secondary N) is 1. The number of hydrogen-bond acceptors (Lipinski definition) is 3. The minimum atomic E-state index is 0.213. The largest absolute Gasteiger partial charge is 0.494 e. The highest BCUT2D eigenvalue weighted by Crippen LogP contribution is 2.14. The number of amides is 1. The Hall–Kier alpha value is -0.820. The standard InChI is InChI=1S/C15H21IN2O2/c1-18(13-8-9-17-11-13)15(19)3-2-10-20-14-6-4-12(16)5-7-14/h4-7,13,17H,2-3,8-11H2,1H3. The summed E-state index contributed by atoms with van der Waals surface area (Å²) in [4.78, 5) is 13.9. The summed E-state index contributed by atoms with van der Waals surface area (Å²) in [6.45, 7) is 2.52. The normalized spacial score (nSPS) is 18.0. The van der Waals surface area contributed by atoms with E-state index in [0.717, 1.165) is 31.7 Å². The van der Waals surface area contributed by atoms with Crippen molar-refractivity contribution in [3.8, 4) is 5.75 Å². The average molecular weight is 388 g/mol. The van der Waals surface area contributed by atoms with Gasteiger partial charge >= 0.3 is 0 Å². The first-order chi connectivity index (χ1) is 9.66. The lowest BCUT2D eigenvalue weighted by Gasteiger charge is -2.23. The third-order valence-corrected chi connectivity index (χ3v) is 4.31. The van der Waals surface area contributed by atoms with E-state index in [0.29, 0.717) is 19.1 Å². The molecule has 0 aromatic heterocycles. The van der Waals surface area contributed by atoms with Gasteiger partial charge in [0.25, 0.3) is 0 Å². The first-order valence-corrected chi connectivity index (χ1v) is 8.09. The number of rotatable bonds is 6. The van der Waals surface area contributed by atoms with Crippen molar-refractivity contribution in [2.75, 3.05) is 26.7 Å². The van der Waals surface area contributed by atoms with E-state index in [9.17, 15) is 4.79 Å². The number of nitrogens with zero attached hydrogens (tertiary/aromatic N) is 1. The summed E-state index contributed by atoms with van der Waals surface area (Å²) < 4.78 is 6.82. The van der Waals surface area contributed by atoms with Crippen molar-refractivity contribution in [1.29, 1.82) is 0 Å². The molecule has 1 aromatic carbocycles. The molecule has 1 fully saturated rings. The summed E-state index contributed by atoms with van der Waals surface area (Å²) in [5, 5.41) is 3.28. The minimum Gasteiger partial charge on any atom is -0.494 e. The molecule has 5 heteroatoms. The molecule has 1 N–H and O–H groups in total. The summed E-state index contributed by atoms with van der Waals surface area (Å²) in [6.07, 6.45) is 2.37. The summed E-state index contributed by atoms with van der Waals surface area (Å²) in [6, 6.07) is 8.31. The molecule has 1 aliphatic heterocycles. The fraction of sp³-hybridized carbons (Fsp3) is 0.533. The van der Waals surface area contributed by atoms with Crippen molar-refractivity contribution < 1.29 is 9.53 Å². The van der Waals surface area contributed by atoms with Crippen molar-refractivity contribution in [2.24, 2.45) is 0 Å². The van der Waals surface area contributed by atoms with E-state index in [2.05, 4.69) is 27.9 Å². The van der Waals surface area contributed by atoms with Crippen LogP contribution in [0.15, 0.2) is 24.3 Å². The molecule has 0 aliphatic carbocycles. The van der Waals surface area contributed by atoms with Crippen LogP contribution in [-0.4, -0.2) is 43.6 Å². The number of likely N-dealkylation sites (N-methyl/N-ethyl adjacent to an activating group) is 1. The topological polar surface area (TPSA) is 41.6 Å². The van der Waals surface area contributed by atoms with Crippen molar-refractivity contribution in [2.45, 2.75) is 25.3 Å². The summed E-state index contributed by atoms with van der Waals surface area (Å²) in [5.41, 5.74) is 0. The Kier molecular flexibility index (Phi) is 6.09. The second kappa shape index (κ2) is 7.83. The molecule has 1 amide bonds. The molecule has 2 rings (SSSR count). The highest BCUT2D eigenvalue weighted by molar-refractivity contribution is 14.1. The monoisotopic (exact) mass is 388 g/mol. The van der Waals surface area contributed by atoms with E-state index in [1.807, 2.05) is 36.2 Å². The number of benzene rings is 1. The van der Waals surface area contributed by atoms with Crippen LogP contribution in [0.25, 0.3) is 0 Å². The molecule has 0 radical (unpaired) electrons. The first-order valence-electron chi connectivity index (χ1n) is 7.01. The lowest BCUT2D eigenvalue weighted by atomic mass is 10.2. The first kappa shape index (κ1) is 15.6. The fourth-order valence-corrected chi connectivity index (χ4v) is 2.65. The second-order valence-electron chi connectivity index (χ2n) is 5.06. The number of halogens is 1. The molecule has 1 saturated heterocycles. The van der Waals surface area contributed by atoms with E-state index in [-0.39, 0.29) is 5.91 Å². The Labute approximate surface area is 134 Å². The van der Waals surface area contributed by atoms with Crippen LogP contribution in [0.1, 0.15) is 19.3 Å². The molecule has 1 aliphatic rings. The second-order valence-corrected chi connectivity index (χ2v) is 6.30. The van der Waals surface area contributed by atoms with Crippen molar-refractivity contribution in [3.63, 3.8) is 0 Å². The van der Waals surface area contributed by atoms with Crippen LogP contribution in [-0.2, 0) is 4.79 Å². The molecule has 0 bridgehead atoms. The number of carbonyl (C=O) groups is 1. The van der Waals surface area contributed by atoms with E-state index in [1.54, 1.807) is 0 Å². The van der Waals surface area contributed by atoms with Gasteiger partial charge in [0.15, 0.2) is 0 Å². The van der Waals surface area contributed by atoms with Crippen LogP contribution in [0.4, 0.5) is 0 Å². The molecule has 1 unspecified atom stereocenters. The van der Waals surface area contributed by atoms with Gasteiger partial charge in [0.1, 0.15) is 5.75 Å². The zero-order valence-electron chi connectivity index (χ0n) is 11.8. The molecule has 4 nitrogen and oxygen atoms in total. The molecule has 1 atom stereocenters. The molecule has 0 saturated carbocycles.